The Labute approximate surface area is 91.5 Å². The molecule has 16 heavy (non-hydrogen) atoms. The third-order valence-corrected chi connectivity index (χ3v) is 2.16. The second-order valence-electron chi connectivity index (χ2n) is 3.34. The van der Waals surface area contributed by atoms with Gasteiger partial charge >= 0.3 is 5.97 Å². The molecule has 1 rings (SSSR count). The molecule has 0 aromatic rings. The highest BCUT2D eigenvalue weighted by atomic mass is 16.7. The summed E-state index contributed by atoms with van der Waals surface area (Å²) in [7, 11) is 0. The van der Waals surface area contributed by atoms with E-state index in [9.17, 15) is 15.0 Å². The molecule has 0 aliphatic carbocycles. The van der Waals surface area contributed by atoms with E-state index in [-0.39, 0.29) is 6.61 Å². The fraction of sp³-hybridized carbons (Fsp3) is 0.667. The van der Waals surface area contributed by atoms with Crippen LogP contribution < -0.4 is 0 Å². The minimum Gasteiger partial charge on any atom is -0.459 e. The predicted octanol–water partition coefficient (Wildman–Crippen LogP) is -2.48. The summed E-state index contributed by atoms with van der Waals surface area (Å²) in [5.74, 6) is -0.947. The number of rotatable bonds is 3. The Morgan fingerprint density at radius 3 is 2.44 bits per heavy atom. The van der Waals surface area contributed by atoms with E-state index in [0.717, 1.165) is 0 Å². The number of hydrogen-bond donors (Lipinski definition) is 4. The van der Waals surface area contributed by atoms with Gasteiger partial charge in [0, 0.05) is 0 Å². The van der Waals surface area contributed by atoms with E-state index in [2.05, 4.69) is 16.1 Å². The normalized spacial score (nSPS) is 39.1. The molecule has 0 saturated carbocycles. The Morgan fingerprint density at radius 1 is 1.25 bits per heavy atom. The first-order valence-corrected chi connectivity index (χ1v) is 4.64. The molecule has 1 aliphatic heterocycles. The third-order valence-electron chi connectivity index (χ3n) is 2.16. The van der Waals surface area contributed by atoms with Gasteiger partial charge in [-0.15, -0.1) is 0 Å². The molecular weight excluding hydrogens is 220 g/mol. The van der Waals surface area contributed by atoms with Crippen LogP contribution in [-0.4, -0.2) is 63.7 Å². The average molecular weight is 234 g/mol. The Morgan fingerprint density at radius 2 is 1.88 bits per heavy atom. The maximum Gasteiger partial charge on any atom is 0.338 e. The lowest BCUT2D eigenvalue weighted by Gasteiger charge is -2.36. The maximum absolute atomic E-state index is 11.3. The van der Waals surface area contributed by atoms with Crippen LogP contribution in [-0.2, 0) is 14.3 Å². The Hall–Kier alpha value is -0.990. The molecule has 0 radical (unpaired) electrons. The molecule has 1 aliphatic rings. The summed E-state index contributed by atoms with van der Waals surface area (Å²) < 4.78 is 9.21. The van der Waals surface area contributed by atoms with Crippen LogP contribution in [0.4, 0.5) is 0 Å². The lowest BCUT2D eigenvalue weighted by Crippen LogP contribution is -2.59. The second-order valence-corrected chi connectivity index (χ2v) is 3.34. The summed E-state index contributed by atoms with van der Waals surface area (Å²) in [5.41, 5.74) is 0. The van der Waals surface area contributed by atoms with Crippen LogP contribution in [0.15, 0.2) is 12.7 Å². The summed E-state index contributed by atoms with van der Waals surface area (Å²) in [6, 6.07) is 0. The van der Waals surface area contributed by atoms with E-state index in [1.807, 2.05) is 0 Å². The Bertz CT molecular complexity index is 267. The van der Waals surface area contributed by atoms with Crippen molar-refractivity contribution >= 4 is 5.97 Å². The largest absolute Gasteiger partial charge is 0.459 e. The average Bonchev–Trinajstić information content (AvgIpc) is 2.28. The van der Waals surface area contributed by atoms with Gasteiger partial charge in [0.2, 0.25) is 0 Å². The van der Waals surface area contributed by atoms with E-state index in [1.54, 1.807) is 0 Å². The van der Waals surface area contributed by atoms with Crippen molar-refractivity contribution in [2.45, 2.75) is 30.7 Å². The SMILES string of the molecule is C=CCOC(=O)[C@@H]1O[C@H](O)[C@@H](O)[C@@H](O)[C@@H]1O. The van der Waals surface area contributed by atoms with E-state index in [1.165, 1.54) is 6.08 Å². The Balaban J connectivity index is 2.66. The standard InChI is InChI=1S/C9H14O7/c1-2-3-15-9(14)7-5(11)4(10)6(12)8(13)16-7/h2,4-8,10-13H,1,3H2/t4-,5-,6-,7+,8-/m0/s1. The molecule has 0 amide bonds. The van der Waals surface area contributed by atoms with Gasteiger partial charge in [-0.1, -0.05) is 12.7 Å². The molecule has 0 unspecified atom stereocenters. The van der Waals surface area contributed by atoms with Crippen molar-refractivity contribution in [2.75, 3.05) is 6.61 Å². The monoisotopic (exact) mass is 234 g/mol. The highest BCUT2D eigenvalue weighted by Gasteiger charge is 2.46. The quantitative estimate of drug-likeness (QED) is 0.315. The number of carbonyl (C=O) groups is 1. The zero-order valence-corrected chi connectivity index (χ0v) is 8.39. The fourth-order valence-corrected chi connectivity index (χ4v) is 1.28. The van der Waals surface area contributed by atoms with Crippen LogP contribution in [0.2, 0.25) is 0 Å². The fourth-order valence-electron chi connectivity index (χ4n) is 1.28. The van der Waals surface area contributed by atoms with Crippen molar-refractivity contribution in [1.82, 2.24) is 0 Å². The molecule has 7 heteroatoms. The van der Waals surface area contributed by atoms with E-state index < -0.39 is 36.7 Å². The first-order valence-electron chi connectivity index (χ1n) is 4.64. The van der Waals surface area contributed by atoms with Crippen LogP contribution in [0.25, 0.3) is 0 Å². The minimum absolute atomic E-state index is 0.0832. The summed E-state index contributed by atoms with van der Waals surface area (Å²) in [6.07, 6.45) is -6.97. The number of ether oxygens (including phenoxy) is 2. The number of carbonyl (C=O) groups excluding carboxylic acids is 1. The summed E-state index contributed by atoms with van der Waals surface area (Å²) in [4.78, 5) is 11.3. The molecule has 0 spiro atoms. The zero-order valence-electron chi connectivity index (χ0n) is 8.39. The summed E-state index contributed by atoms with van der Waals surface area (Å²) in [5, 5.41) is 37.0. The Kier molecular flexibility index (Phi) is 4.39. The molecule has 5 atom stereocenters. The van der Waals surface area contributed by atoms with Crippen LogP contribution in [0, 0.1) is 0 Å². The van der Waals surface area contributed by atoms with Crippen LogP contribution in [0.3, 0.4) is 0 Å². The number of aliphatic hydroxyl groups is 4. The van der Waals surface area contributed by atoms with Crippen molar-refractivity contribution in [1.29, 1.82) is 0 Å². The maximum atomic E-state index is 11.3. The van der Waals surface area contributed by atoms with E-state index >= 15 is 0 Å². The van der Waals surface area contributed by atoms with E-state index in [4.69, 9.17) is 10.2 Å². The molecule has 1 saturated heterocycles. The topological polar surface area (TPSA) is 116 Å². The number of esters is 1. The highest BCUT2D eigenvalue weighted by Crippen LogP contribution is 2.20. The molecule has 0 aromatic carbocycles. The summed E-state index contributed by atoms with van der Waals surface area (Å²) >= 11 is 0. The van der Waals surface area contributed by atoms with Gasteiger partial charge in [0.15, 0.2) is 12.4 Å². The highest BCUT2D eigenvalue weighted by molar-refractivity contribution is 5.75. The van der Waals surface area contributed by atoms with Gasteiger partial charge in [-0.3, -0.25) is 0 Å². The molecule has 1 heterocycles. The van der Waals surface area contributed by atoms with Crippen molar-refractivity contribution in [3.63, 3.8) is 0 Å². The van der Waals surface area contributed by atoms with Crippen molar-refractivity contribution in [3.05, 3.63) is 12.7 Å². The van der Waals surface area contributed by atoms with Crippen molar-refractivity contribution in [3.8, 4) is 0 Å². The van der Waals surface area contributed by atoms with E-state index in [0.29, 0.717) is 0 Å². The molecule has 4 N–H and O–H groups in total. The summed E-state index contributed by atoms with van der Waals surface area (Å²) in [6.45, 7) is 3.24. The molecule has 0 bridgehead atoms. The van der Waals surface area contributed by atoms with Gasteiger partial charge < -0.3 is 29.9 Å². The molecule has 92 valence electrons. The molecule has 0 aromatic heterocycles. The van der Waals surface area contributed by atoms with Crippen molar-refractivity contribution in [2.24, 2.45) is 0 Å². The van der Waals surface area contributed by atoms with Crippen LogP contribution >= 0.6 is 0 Å². The van der Waals surface area contributed by atoms with Gasteiger partial charge in [-0.25, -0.2) is 4.79 Å². The van der Waals surface area contributed by atoms with Gasteiger partial charge in [0.25, 0.3) is 0 Å². The zero-order chi connectivity index (χ0) is 12.3. The van der Waals surface area contributed by atoms with Gasteiger partial charge in [-0.2, -0.15) is 0 Å². The smallest absolute Gasteiger partial charge is 0.338 e. The third kappa shape index (κ3) is 2.57. The van der Waals surface area contributed by atoms with Gasteiger partial charge in [-0.05, 0) is 0 Å². The van der Waals surface area contributed by atoms with Crippen LogP contribution in [0.5, 0.6) is 0 Å². The first-order chi connectivity index (χ1) is 7.49. The van der Waals surface area contributed by atoms with Crippen LogP contribution in [0.1, 0.15) is 0 Å². The second kappa shape index (κ2) is 5.37. The number of aliphatic hydroxyl groups excluding tert-OH is 4. The lowest BCUT2D eigenvalue weighted by atomic mass is 9.99. The molecule has 7 nitrogen and oxygen atoms in total. The lowest BCUT2D eigenvalue weighted by molar-refractivity contribution is -0.280. The number of hydrogen-bond acceptors (Lipinski definition) is 7. The van der Waals surface area contributed by atoms with Crippen molar-refractivity contribution < 1.29 is 34.7 Å². The minimum atomic E-state index is -1.75. The molecular formula is C9H14O7. The predicted molar refractivity (Wildman–Crippen MR) is 50.1 cm³/mol. The van der Waals surface area contributed by atoms with Gasteiger partial charge in [0.05, 0.1) is 0 Å². The van der Waals surface area contributed by atoms with Gasteiger partial charge in [0.1, 0.15) is 24.9 Å². The first kappa shape index (κ1) is 13.1. The molecule has 1 fully saturated rings.